The molecule has 9 nitrogen and oxygen atoms in total. The van der Waals surface area contributed by atoms with Gasteiger partial charge in [0.25, 0.3) is 0 Å². The number of nitrogens with zero attached hydrogens (tertiary/aromatic N) is 3. The van der Waals surface area contributed by atoms with Gasteiger partial charge >= 0.3 is 5.97 Å². The molecule has 0 spiro atoms. The lowest BCUT2D eigenvalue weighted by molar-refractivity contribution is -0.139. The van der Waals surface area contributed by atoms with Crippen molar-refractivity contribution in [3.8, 4) is 11.5 Å². The molecule has 1 aromatic heterocycles. The molecule has 41 heavy (non-hydrogen) atoms. The molecule has 1 amide bonds. The molecule has 2 aliphatic rings. The van der Waals surface area contributed by atoms with Crippen molar-refractivity contribution in [1.29, 1.82) is 0 Å². The fourth-order valence-corrected chi connectivity index (χ4v) is 5.67. The molecule has 1 N–H and O–H groups in total. The van der Waals surface area contributed by atoms with Crippen molar-refractivity contribution < 1.29 is 23.8 Å². The summed E-state index contributed by atoms with van der Waals surface area (Å²) in [7, 11) is 3.14. The quantitative estimate of drug-likeness (QED) is 0.337. The van der Waals surface area contributed by atoms with Crippen LogP contribution in [0.3, 0.4) is 0 Å². The normalized spacial score (nSPS) is 16.0. The first kappa shape index (κ1) is 28.0. The second-order valence-electron chi connectivity index (χ2n) is 9.17. The van der Waals surface area contributed by atoms with Crippen LogP contribution in [-0.4, -0.2) is 47.8 Å². The number of hydrogen-bond acceptors (Lipinski definition) is 9. The highest BCUT2D eigenvalue weighted by atomic mass is 32.2. The predicted octanol–water partition coefficient (Wildman–Crippen LogP) is 5.08. The minimum absolute atomic E-state index is 0.0949. The lowest BCUT2D eigenvalue weighted by atomic mass is 9.91. The van der Waals surface area contributed by atoms with Crippen molar-refractivity contribution in [2.75, 3.05) is 20.8 Å². The van der Waals surface area contributed by atoms with Crippen LogP contribution in [-0.2, 0) is 20.9 Å². The molecule has 5 rings (SSSR count). The molecular weight excluding hydrogens is 540 g/mol. The number of methoxy groups -OCH3 is 2. The van der Waals surface area contributed by atoms with Crippen LogP contribution >= 0.6 is 11.8 Å². The van der Waals surface area contributed by atoms with E-state index in [2.05, 4.69) is 10.3 Å². The van der Waals surface area contributed by atoms with Gasteiger partial charge in [0, 0.05) is 30.2 Å². The van der Waals surface area contributed by atoms with Crippen LogP contribution in [0.2, 0.25) is 0 Å². The van der Waals surface area contributed by atoms with Crippen molar-refractivity contribution in [1.82, 2.24) is 15.2 Å². The molecule has 2 aromatic carbocycles. The highest BCUT2D eigenvalue weighted by molar-refractivity contribution is 8.16. The van der Waals surface area contributed by atoms with Gasteiger partial charge in [-0.1, -0.05) is 48.2 Å². The summed E-state index contributed by atoms with van der Waals surface area (Å²) in [6.45, 7) is 2.36. The van der Waals surface area contributed by atoms with E-state index >= 15 is 0 Å². The summed E-state index contributed by atoms with van der Waals surface area (Å²) in [5, 5.41) is 5.55. The van der Waals surface area contributed by atoms with E-state index in [4.69, 9.17) is 19.2 Å². The Kier molecular flexibility index (Phi) is 8.69. The first-order valence-corrected chi connectivity index (χ1v) is 14.0. The Bertz CT molecular complexity index is 1520. The monoisotopic (exact) mass is 570 g/mol. The van der Waals surface area contributed by atoms with Gasteiger partial charge in [-0.25, -0.2) is 9.79 Å². The van der Waals surface area contributed by atoms with Crippen LogP contribution in [0.25, 0.3) is 5.70 Å². The molecule has 0 saturated carbocycles. The maximum atomic E-state index is 13.7. The van der Waals surface area contributed by atoms with Gasteiger partial charge in [-0.05, 0) is 47.7 Å². The third-order valence-electron chi connectivity index (χ3n) is 6.66. The summed E-state index contributed by atoms with van der Waals surface area (Å²) in [4.78, 5) is 37.7. The van der Waals surface area contributed by atoms with Crippen LogP contribution in [0.4, 0.5) is 0 Å². The summed E-state index contributed by atoms with van der Waals surface area (Å²) in [6, 6.07) is 18.2. The number of ether oxygens (including phenoxy) is 3. The first-order chi connectivity index (χ1) is 20.0. The fourth-order valence-electron chi connectivity index (χ4n) is 4.76. The summed E-state index contributed by atoms with van der Waals surface area (Å²) in [5.41, 5.74) is 4.12. The van der Waals surface area contributed by atoms with E-state index in [9.17, 15) is 9.59 Å². The van der Waals surface area contributed by atoms with Crippen molar-refractivity contribution in [3.05, 3.63) is 106 Å². The first-order valence-electron chi connectivity index (χ1n) is 13.1. The van der Waals surface area contributed by atoms with Crippen LogP contribution in [0.5, 0.6) is 11.5 Å². The number of carbonyl (C=O) groups is 2. The van der Waals surface area contributed by atoms with Crippen molar-refractivity contribution in [2.45, 2.75) is 25.9 Å². The number of esters is 1. The van der Waals surface area contributed by atoms with Crippen molar-refractivity contribution in [3.63, 3.8) is 0 Å². The van der Waals surface area contributed by atoms with Gasteiger partial charge in [0.05, 0.1) is 44.6 Å². The predicted molar refractivity (Wildman–Crippen MR) is 158 cm³/mol. The molecule has 0 fully saturated rings. The Morgan fingerprint density at radius 3 is 2.46 bits per heavy atom. The number of benzene rings is 2. The number of hydrogen-bond donors (Lipinski definition) is 1. The second kappa shape index (κ2) is 12.7. The second-order valence-corrected chi connectivity index (χ2v) is 10.0. The van der Waals surface area contributed by atoms with Crippen LogP contribution in [0, 0.1) is 0 Å². The standard InChI is InChI=1S/C31H30N4O5S/c1-4-40-30(37)27-28(21-8-6-5-7-9-21)34-31-35(29(27)22-10-11-24(38-2)25(16-22)39-3)23(19-41-31)17-26(36)33-18-20-12-14-32-15-13-20/h5-16,19,29H,4,17-18H2,1-3H3,(H,33,36). The van der Waals surface area contributed by atoms with Gasteiger partial charge in [-0.2, -0.15) is 0 Å². The Morgan fingerprint density at radius 1 is 1.00 bits per heavy atom. The maximum absolute atomic E-state index is 13.7. The highest BCUT2D eigenvalue weighted by Crippen LogP contribution is 2.48. The van der Waals surface area contributed by atoms with Gasteiger partial charge in [0.2, 0.25) is 5.91 Å². The largest absolute Gasteiger partial charge is 0.493 e. The van der Waals surface area contributed by atoms with E-state index in [0.717, 1.165) is 22.4 Å². The number of amides is 1. The lowest BCUT2D eigenvalue weighted by Crippen LogP contribution is -2.38. The van der Waals surface area contributed by atoms with Crippen LogP contribution in [0.15, 0.2) is 94.7 Å². The van der Waals surface area contributed by atoms with E-state index in [-0.39, 0.29) is 18.9 Å². The Labute approximate surface area is 242 Å². The molecule has 1 unspecified atom stereocenters. The molecule has 10 heteroatoms. The van der Waals surface area contributed by atoms with E-state index in [1.807, 2.05) is 64.9 Å². The molecule has 1 atom stereocenters. The summed E-state index contributed by atoms with van der Waals surface area (Å²) in [6.07, 6.45) is 3.47. The number of nitrogens with one attached hydrogen (secondary N) is 1. The zero-order valence-electron chi connectivity index (χ0n) is 23.0. The molecular formula is C31H30N4O5S. The lowest BCUT2D eigenvalue weighted by Gasteiger charge is -2.37. The van der Waals surface area contributed by atoms with Crippen molar-refractivity contribution >= 4 is 34.5 Å². The number of thioether (sulfide) groups is 1. The Morgan fingerprint density at radius 2 is 1.76 bits per heavy atom. The Hall–Kier alpha value is -4.57. The van der Waals surface area contributed by atoms with E-state index in [1.54, 1.807) is 39.6 Å². The average molecular weight is 571 g/mol. The molecule has 0 saturated heterocycles. The Balaban J connectivity index is 1.57. The molecule has 0 aliphatic carbocycles. The molecule has 2 aliphatic heterocycles. The van der Waals surface area contributed by atoms with E-state index in [0.29, 0.717) is 34.5 Å². The van der Waals surface area contributed by atoms with Gasteiger partial charge in [-0.15, -0.1) is 0 Å². The minimum Gasteiger partial charge on any atom is -0.493 e. The SMILES string of the molecule is CCOC(=O)C1=C(c2ccccc2)N=C2SC=C(CC(=O)NCc3ccncc3)N2C1c1ccc(OC)c(OC)c1. The summed E-state index contributed by atoms with van der Waals surface area (Å²) in [5.74, 6) is 0.447. The number of amidine groups is 1. The van der Waals surface area contributed by atoms with Gasteiger partial charge in [0.15, 0.2) is 16.7 Å². The number of aliphatic imine (C=N–C) groups is 1. The van der Waals surface area contributed by atoms with Gasteiger partial charge in [0.1, 0.15) is 0 Å². The number of fused-ring (bicyclic) bond motifs is 1. The molecule has 3 aromatic rings. The molecule has 3 heterocycles. The number of aromatic nitrogens is 1. The summed E-state index contributed by atoms with van der Waals surface area (Å²) < 4.78 is 16.7. The third-order valence-corrected chi connectivity index (χ3v) is 7.55. The highest BCUT2D eigenvalue weighted by Gasteiger charge is 2.42. The van der Waals surface area contributed by atoms with Gasteiger partial charge in [-0.3, -0.25) is 9.78 Å². The number of pyridine rings is 1. The minimum atomic E-state index is -0.634. The zero-order chi connectivity index (χ0) is 28.8. The van der Waals surface area contributed by atoms with Crippen LogP contribution in [0.1, 0.15) is 36.1 Å². The van der Waals surface area contributed by atoms with E-state index in [1.165, 1.54) is 11.8 Å². The molecule has 210 valence electrons. The van der Waals surface area contributed by atoms with Gasteiger partial charge < -0.3 is 24.4 Å². The van der Waals surface area contributed by atoms with Crippen LogP contribution < -0.4 is 14.8 Å². The van der Waals surface area contributed by atoms with Crippen molar-refractivity contribution in [2.24, 2.45) is 4.99 Å². The number of rotatable bonds is 10. The maximum Gasteiger partial charge on any atom is 0.338 e. The molecule has 0 radical (unpaired) electrons. The smallest absolute Gasteiger partial charge is 0.338 e. The average Bonchev–Trinajstić information content (AvgIpc) is 3.41. The third kappa shape index (κ3) is 5.97. The summed E-state index contributed by atoms with van der Waals surface area (Å²) >= 11 is 1.42. The van der Waals surface area contributed by atoms with E-state index < -0.39 is 12.0 Å². The fraction of sp³-hybridized carbons (Fsp3) is 0.226. The zero-order valence-corrected chi connectivity index (χ0v) is 23.8. The molecule has 0 bridgehead atoms. The number of carbonyl (C=O) groups excluding carboxylic acids is 2. The topological polar surface area (TPSA) is 102 Å².